The first-order valence-corrected chi connectivity index (χ1v) is 6.14. The molecular weight excluding hydrogens is 204 g/mol. The lowest BCUT2D eigenvalue weighted by Crippen LogP contribution is -2.05. The van der Waals surface area contributed by atoms with E-state index in [0.29, 0.717) is 11.8 Å². The summed E-state index contributed by atoms with van der Waals surface area (Å²) in [7, 11) is 0. The molecule has 0 aromatic heterocycles. The van der Waals surface area contributed by atoms with Crippen LogP contribution in [-0.4, -0.2) is 0 Å². The lowest BCUT2D eigenvalue weighted by molar-refractivity contribution is 0.533. The van der Waals surface area contributed by atoms with Crippen molar-refractivity contribution in [2.75, 3.05) is 0 Å². The minimum absolute atomic E-state index is 0.531. The second kappa shape index (κ2) is 5.03. The summed E-state index contributed by atoms with van der Waals surface area (Å²) < 4.78 is 0. The molecule has 0 fully saturated rings. The Hall–Kier alpha value is -0.490. The first kappa shape index (κ1) is 12.6. The van der Waals surface area contributed by atoms with Crippen LogP contribution in [0, 0.1) is 12.8 Å². The molecule has 1 atom stereocenters. The molecule has 0 heterocycles. The zero-order valence-corrected chi connectivity index (χ0v) is 11.2. The van der Waals surface area contributed by atoms with Crippen LogP contribution in [0.1, 0.15) is 50.3 Å². The van der Waals surface area contributed by atoms with Crippen molar-refractivity contribution in [1.29, 1.82) is 0 Å². The molecule has 1 aromatic carbocycles. The number of benzene rings is 1. The van der Waals surface area contributed by atoms with Gasteiger partial charge in [0.25, 0.3) is 0 Å². The van der Waals surface area contributed by atoms with Gasteiger partial charge >= 0.3 is 0 Å². The van der Waals surface area contributed by atoms with Gasteiger partial charge in [-0.05, 0) is 47.9 Å². The summed E-state index contributed by atoms with van der Waals surface area (Å²) in [6, 6.07) is 4.38. The number of hydrogen-bond donors (Lipinski definition) is 0. The average molecular weight is 225 g/mol. The van der Waals surface area contributed by atoms with Gasteiger partial charge in [0.2, 0.25) is 0 Å². The zero-order chi connectivity index (χ0) is 11.6. The van der Waals surface area contributed by atoms with E-state index in [2.05, 4.69) is 46.8 Å². The van der Waals surface area contributed by atoms with Crippen molar-refractivity contribution in [2.24, 2.45) is 5.92 Å². The van der Waals surface area contributed by atoms with Gasteiger partial charge < -0.3 is 0 Å². The van der Waals surface area contributed by atoms with Crippen molar-refractivity contribution in [3.8, 4) is 0 Å². The average Bonchev–Trinajstić information content (AvgIpc) is 2.16. The fraction of sp³-hybridized carbons (Fsp3) is 0.571. The van der Waals surface area contributed by atoms with Gasteiger partial charge in [-0.3, -0.25) is 0 Å². The Morgan fingerprint density at radius 1 is 1.20 bits per heavy atom. The molecular formula is C14H21Cl. The summed E-state index contributed by atoms with van der Waals surface area (Å²) in [6.07, 6.45) is 1.05. The SMILES string of the molecule is CCc1cc(C)c(C(C)C(C)C)c(Cl)c1. The number of halogens is 1. The molecule has 1 heteroatoms. The highest BCUT2D eigenvalue weighted by molar-refractivity contribution is 6.31. The first-order chi connectivity index (χ1) is 6.97. The van der Waals surface area contributed by atoms with E-state index in [1.165, 1.54) is 16.7 Å². The third-order valence-corrected chi connectivity index (χ3v) is 3.57. The molecule has 1 rings (SSSR count). The Morgan fingerprint density at radius 3 is 2.20 bits per heavy atom. The Kier molecular flexibility index (Phi) is 4.21. The highest BCUT2D eigenvalue weighted by atomic mass is 35.5. The second-order valence-electron chi connectivity index (χ2n) is 4.69. The quantitative estimate of drug-likeness (QED) is 0.680. The van der Waals surface area contributed by atoms with Crippen molar-refractivity contribution < 1.29 is 0 Å². The molecule has 0 aliphatic rings. The largest absolute Gasteiger partial charge is 0.0840 e. The maximum atomic E-state index is 6.35. The molecule has 0 radical (unpaired) electrons. The number of aryl methyl sites for hydroxylation is 2. The lowest BCUT2D eigenvalue weighted by atomic mass is 9.86. The van der Waals surface area contributed by atoms with Crippen LogP contribution in [0.25, 0.3) is 0 Å². The molecule has 0 aliphatic carbocycles. The van der Waals surface area contributed by atoms with Crippen LogP contribution in [0.15, 0.2) is 12.1 Å². The van der Waals surface area contributed by atoms with E-state index in [1.807, 2.05) is 0 Å². The molecule has 1 unspecified atom stereocenters. The second-order valence-corrected chi connectivity index (χ2v) is 5.10. The summed E-state index contributed by atoms with van der Waals surface area (Å²) in [5, 5.41) is 0.938. The van der Waals surface area contributed by atoms with Crippen LogP contribution in [0.2, 0.25) is 5.02 Å². The van der Waals surface area contributed by atoms with Crippen LogP contribution in [0.5, 0.6) is 0 Å². The third-order valence-electron chi connectivity index (χ3n) is 3.26. The Labute approximate surface area is 98.7 Å². The van der Waals surface area contributed by atoms with Crippen molar-refractivity contribution in [2.45, 2.75) is 47.0 Å². The van der Waals surface area contributed by atoms with E-state index >= 15 is 0 Å². The van der Waals surface area contributed by atoms with Gasteiger partial charge in [0.1, 0.15) is 0 Å². The molecule has 0 bridgehead atoms. The smallest absolute Gasteiger partial charge is 0.0446 e. The van der Waals surface area contributed by atoms with Crippen LogP contribution >= 0.6 is 11.6 Å². The fourth-order valence-electron chi connectivity index (χ4n) is 1.94. The molecule has 15 heavy (non-hydrogen) atoms. The normalized spacial score (nSPS) is 13.3. The molecule has 0 spiro atoms. The molecule has 0 saturated carbocycles. The van der Waals surface area contributed by atoms with E-state index < -0.39 is 0 Å². The van der Waals surface area contributed by atoms with Crippen molar-refractivity contribution in [1.82, 2.24) is 0 Å². The van der Waals surface area contributed by atoms with E-state index in [-0.39, 0.29) is 0 Å². The Morgan fingerprint density at radius 2 is 1.80 bits per heavy atom. The highest BCUT2D eigenvalue weighted by Gasteiger charge is 2.16. The minimum atomic E-state index is 0.531. The van der Waals surface area contributed by atoms with Gasteiger partial charge in [-0.1, -0.05) is 45.4 Å². The van der Waals surface area contributed by atoms with Crippen molar-refractivity contribution in [3.63, 3.8) is 0 Å². The van der Waals surface area contributed by atoms with Crippen molar-refractivity contribution >= 4 is 11.6 Å². The van der Waals surface area contributed by atoms with Crippen molar-refractivity contribution in [3.05, 3.63) is 33.8 Å². The van der Waals surface area contributed by atoms with Gasteiger partial charge in [-0.25, -0.2) is 0 Å². The zero-order valence-electron chi connectivity index (χ0n) is 10.4. The van der Waals surface area contributed by atoms with Crippen LogP contribution in [0.3, 0.4) is 0 Å². The van der Waals surface area contributed by atoms with Gasteiger partial charge in [-0.2, -0.15) is 0 Å². The Balaban J connectivity index is 3.19. The Bertz CT molecular complexity index is 316. The number of hydrogen-bond acceptors (Lipinski definition) is 0. The predicted molar refractivity (Wildman–Crippen MR) is 68.8 cm³/mol. The molecule has 1 aromatic rings. The van der Waals surface area contributed by atoms with Crippen LogP contribution in [-0.2, 0) is 6.42 Å². The van der Waals surface area contributed by atoms with E-state index in [0.717, 1.165) is 11.4 Å². The summed E-state index contributed by atoms with van der Waals surface area (Å²) in [5.74, 6) is 1.16. The topological polar surface area (TPSA) is 0 Å². The molecule has 84 valence electrons. The molecule has 0 saturated heterocycles. The monoisotopic (exact) mass is 224 g/mol. The standard InChI is InChI=1S/C14H21Cl/c1-6-12-7-10(4)14(13(15)8-12)11(5)9(2)3/h7-9,11H,6H2,1-5H3. The van der Waals surface area contributed by atoms with Gasteiger partial charge in [0.05, 0.1) is 0 Å². The fourth-order valence-corrected chi connectivity index (χ4v) is 2.40. The molecule has 0 aliphatic heterocycles. The molecule has 0 nitrogen and oxygen atoms in total. The maximum absolute atomic E-state index is 6.35. The summed E-state index contributed by atoms with van der Waals surface area (Å²) in [4.78, 5) is 0. The summed E-state index contributed by atoms with van der Waals surface area (Å²) >= 11 is 6.35. The van der Waals surface area contributed by atoms with E-state index in [1.54, 1.807) is 0 Å². The highest BCUT2D eigenvalue weighted by Crippen LogP contribution is 2.33. The number of rotatable bonds is 3. The van der Waals surface area contributed by atoms with E-state index in [4.69, 9.17) is 11.6 Å². The molecule has 0 amide bonds. The van der Waals surface area contributed by atoms with E-state index in [9.17, 15) is 0 Å². The van der Waals surface area contributed by atoms with Gasteiger partial charge in [0, 0.05) is 5.02 Å². The van der Waals surface area contributed by atoms with Gasteiger partial charge in [0.15, 0.2) is 0 Å². The molecule has 0 N–H and O–H groups in total. The van der Waals surface area contributed by atoms with Crippen LogP contribution in [0.4, 0.5) is 0 Å². The maximum Gasteiger partial charge on any atom is 0.0446 e. The first-order valence-electron chi connectivity index (χ1n) is 5.76. The van der Waals surface area contributed by atoms with Crippen LogP contribution < -0.4 is 0 Å². The third kappa shape index (κ3) is 2.75. The predicted octanol–water partition coefficient (Wildman–Crippen LogP) is 4.97. The summed E-state index contributed by atoms with van der Waals surface area (Å²) in [6.45, 7) is 11.1. The lowest BCUT2D eigenvalue weighted by Gasteiger charge is -2.20. The minimum Gasteiger partial charge on any atom is -0.0840 e. The summed E-state index contributed by atoms with van der Waals surface area (Å²) in [5.41, 5.74) is 3.99. The van der Waals surface area contributed by atoms with Gasteiger partial charge in [-0.15, -0.1) is 0 Å².